The molecule has 0 saturated heterocycles. The summed E-state index contributed by atoms with van der Waals surface area (Å²) < 4.78 is 32.2. The Morgan fingerprint density at radius 3 is 2.33 bits per heavy atom. The summed E-state index contributed by atoms with van der Waals surface area (Å²) in [6.07, 6.45) is 2.50. The van der Waals surface area contributed by atoms with E-state index in [9.17, 15) is 8.42 Å². The summed E-state index contributed by atoms with van der Waals surface area (Å²) in [5.74, 6) is 0.942. The fourth-order valence-corrected chi connectivity index (χ4v) is 3.15. The second kappa shape index (κ2) is 5.78. The van der Waals surface area contributed by atoms with E-state index in [0.717, 1.165) is 5.56 Å². The lowest BCUT2D eigenvalue weighted by molar-refractivity contribution is 0.391. The monoisotopic (exact) mass is 311 g/mol. The van der Waals surface area contributed by atoms with E-state index in [1.54, 1.807) is 27.8 Å². The average molecular weight is 311 g/mol. The van der Waals surface area contributed by atoms with E-state index in [1.807, 2.05) is 0 Å². The van der Waals surface area contributed by atoms with Crippen LogP contribution in [0.25, 0.3) is 0 Å². The summed E-state index contributed by atoms with van der Waals surface area (Å²) >= 11 is 0. The van der Waals surface area contributed by atoms with Crippen molar-refractivity contribution in [2.75, 3.05) is 12.4 Å². The third kappa shape index (κ3) is 3.19. The van der Waals surface area contributed by atoms with E-state index >= 15 is 0 Å². The Kier molecular flexibility index (Phi) is 4.24. The summed E-state index contributed by atoms with van der Waals surface area (Å²) in [5, 5.41) is 6.55. The third-order valence-corrected chi connectivity index (χ3v) is 4.51. The molecule has 114 valence electrons. The molecule has 0 amide bonds. The van der Waals surface area contributed by atoms with Crippen LogP contribution in [0.15, 0.2) is 21.8 Å². The van der Waals surface area contributed by atoms with Crippen molar-refractivity contribution in [3.05, 3.63) is 29.4 Å². The predicted molar refractivity (Wildman–Crippen MR) is 76.3 cm³/mol. The van der Waals surface area contributed by atoms with Gasteiger partial charge < -0.3 is 9.84 Å². The first-order chi connectivity index (χ1) is 9.85. The van der Waals surface area contributed by atoms with Crippen LogP contribution in [0.5, 0.6) is 0 Å². The molecule has 2 rings (SSSR count). The molecule has 9 heteroatoms. The van der Waals surface area contributed by atoms with Gasteiger partial charge in [-0.2, -0.15) is 0 Å². The van der Waals surface area contributed by atoms with Gasteiger partial charge in [-0.05, 0) is 20.8 Å². The van der Waals surface area contributed by atoms with E-state index < -0.39 is 16.1 Å². The zero-order chi connectivity index (χ0) is 15.6. The molecule has 2 heterocycles. The predicted octanol–water partition coefficient (Wildman–Crippen LogP) is 1.16. The van der Waals surface area contributed by atoms with Crippen LogP contribution in [0.2, 0.25) is 0 Å². The molecule has 0 aromatic carbocycles. The largest absolute Gasteiger partial charge is 0.361 e. The number of rotatable bonds is 5. The fraction of sp³-hybridized carbons (Fsp3) is 0.417. The summed E-state index contributed by atoms with van der Waals surface area (Å²) in [6, 6.07) is -0.467. The molecule has 0 radical (unpaired) electrons. The summed E-state index contributed by atoms with van der Waals surface area (Å²) in [4.78, 5) is 7.79. The normalized spacial score (nSPS) is 13.1. The number of aromatic nitrogens is 3. The fourth-order valence-electron chi connectivity index (χ4n) is 2.05. The summed E-state index contributed by atoms with van der Waals surface area (Å²) in [7, 11) is -2.06. The standard InChI is InChI=1S/C12H17N5O3S/c1-7-11(9(3)20-16-7)8(2)17-21(18,19)10-5-14-12(13-4)15-6-10/h5-6,8,17H,1-4H3,(H,13,14,15). The minimum absolute atomic E-state index is 0.000102. The van der Waals surface area contributed by atoms with Crippen LogP contribution in [0.4, 0.5) is 5.95 Å². The average Bonchev–Trinajstić information content (AvgIpc) is 2.77. The molecule has 1 unspecified atom stereocenters. The van der Waals surface area contributed by atoms with Gasteiger partial charge in [0.1, 0.15) is 10.7 Å². The molecule has 2 aromatic heterocycles. The molecule has 0 bridgehead atoms. The van der Waals surface area contributed by atoms with Crippen molar-refractivity contribution in [1.29, 1.82) is 0 Å². The van der Waals surface area contributed by atoms with Crippen molar-refractivity contribution in [3.8, 4) is 0 Å². The number of hydrogen-bond donors (Lipinski definition) is 2. The first kappa shape index (κ1) is 15.4. The van der Waals surface area contributed by atoms with Crippen molar-refractivity contribution >= 4 is 16.0 Å². The first-order valence-corrected chi connectivity index (χ1v) is 7.78. The summed E-state index contributed by atoms with van der Waals surface area (Å²) in [5.41, 5.74) is 1.39. The SMILES string of the molecule is CNc1ncc(S(=O)(=O)NC(C)c2c(C)noc2C)cn1. The molecule has 0 aliphatic carbocycles. The van der Waals surface area contributed by atoms with Crippen LogP contribution in [-0.2, 0) is 10.0 Å². The van der Waals surface area contributed by atoms with E-state index in [1.165, 1.54) is 12.4 Å². The van der Waals surface area contributed by atoms with E-state index in [4.69, 9.17) is 4.52 Å². The van der Waals surface area contributed by atoms with Gasteiger partial charge in [-0.1, -0.05) is 5.16 Å². The van der Waals surface area contributed by atoms with Gasteiger partial charge in [-0.15, -0.1) is 0 Å². The number of sulfonamides is 1. The van der Waals surface area contributed by atoms with Crippen LogP contribution in [0.3, 0.4) is 0 Å². The second-order valence-corrected chi connectivity index (χ2v) is 6.29. The smallest absolute Gasteiger partial charge is 0.244 e. The Morgan fingerprint density at radius 1 is 1.24 bits per heavy atom. The van der Waals surface area contributed by atoms with Gasteiger partial charge >= 0.3 is 0 Å². The highest BCUT2D eigenvalue weighted by molar-refractivity contribution is 7.89. The van der Waals surface area contributed by atoms with Crippen LogP contribution in [-0.4, -0.2) is 30.6 Å². The number of nitrogens with zero attached hydrogens (tertiary/aromatic N) is 3. The minimum atomic E-state index is -3.72. The third-order valence-electron chi connectivity index (χ3n) is 3.02. The quantitative estimate of drug-likeness (QED) is 0.852. The van der Waals surface area contributed by atoms with Crippen LogP contribution < -0.4 is 10.0 Å². The van der Waals surface area contributed by atoms with Gasteiger partial charge in [-0.3, -0.25) is 0 Å². The molecule has 0 saturated carbocycles. The highest BCUT2D eigenvalue weighted by Crippen LogP contribution is 2.22. The van der Waals surface area contributed by atoms with Crippen molar-refractivity contribution < 1.29 is 12.9 Å². The van der Waals surface area contributed by atoms with Gasteiger partial charge in [0.25, 0.3) is 0 Å². The molecule has 0 aliphatic heterocycles. The number of hydrogen-bond acceptors (Lipinski definition) is 7. The van der Waals surface area contributed by atoms with Crippen molar-refractivity contribution in [3.63, 3.8) is 0 Å². The van der Waals surface area contributed by atoms with Gasteiger partial charge in [0.05, 0.1) is 18.1 Å². The second-order valence-electron chi connectivity index (χ2n) is 4.57. The molecule has 0 spiro atoms. The van der Waals surface area contributed by atoms with Crippen LogP contribution in [0, 0.1) is 13.8 Å². The number of anilines is 1. The van der Waals surface area contributed by atoms with Crippen LogP contribution in [0.1, 0.15) is 30.0 Å². The molecule has 1 atom stereocenters. The molecular formula is C12H17N5O3S. The van der Waals surface area contributed by atoms with Crippen molar-refractivity contribution in [2.45, 2.75) is 31.7 Å². The maximum atomic E-state index is 12.3. The van der Waals surface area contributed by atoms with Gasteiger partial charge in [-0.25, -0.2) is 23.1 Å². The number of nitrogens with one attached hydrogen (secondary N) is 2. The molecule has 2 aromatic rings. The first-order valence-electron chi connectivity index (χ1n) is 6.30. The Labute approximate surface area is 123 Å². The molecule has 21 heavy (non-hydrogen) atoms. The molecular weight excluding hydrogens is 294 g/mol. The number of aryl methyl sites for hydroxylation is 2. The van der Waals surface area contributed by atoms with E-state index in [2.05, 4.69) is 25.2 Å². The highest BCUT2D eigenvalue weighted by atomic mass is 32.2. The molecule has 0 aliphatic rings. The minimum Gasteiger partial charge on any atom is -0.361 e. The maximum absolute atomic E-state index is 12.3. The lowest BCUT2D eigenvalue weighted by Gasteiger charge is -2.13. The van der Waals surface area contributed by atoms with Crippen LogP contribution >= 0.6 is 0 Å². The van der Waals surface area contributed by atoms with Gasteiger partial charge in [0.2, 0.25) is 16.0 Å². The Hall–Kier alpha value is -2.00. The Morgan fingerprint density at radius 2 is 1.86 bits per heavy atom. The lowest BCUT2D eigenvalue weighted by Crippen LogP contribution is -2.27. The van der Waals surface area contributed by atoms with E-state index in [0.29, 0.717) is 17.4 Å². The Balaban J connectivity index is 2.24. The van der Waals surface area contributed by atoms with Gasteiger partial charge in [0.15, 0.2) is 0 Å². The lowest BCUT2D eigenvalue weighted by atomic mass is 10.1. The molecule has 0 fully saturated rings. The zero-order valence-corrected chi connectivity index (χ0v) is 13.0. The summed E-state index contributed by atoms with van der Waals surface area (Å²) in [6.45, 7) is 5.24. The van der Waals surface area contributed by atoms with Crippen molar-refractivity contribution in [1.82, 2.24) is 19.8 Å². The molecule has 8 nitrogen and oxygen atoms in total. The topological polar surface area (TPSA) is 110 Å². The highest BCUT2D eigenvalue weighted by Gasteiger charge is 2.23. The Bertz CT molecular complexity index is 704. The molecule has 2 N–H and O–H groups in total. The van der Waals surface area contributed by atoms with Gasteiger partial charge in [0, 0.05) is 18.7 Å². The van der Waals surface area contributed by atoms with E-state index in [-0.39, 0.29) is 4.90 Å². The zero-order valence-electron chi connectivity index (χ0n) is 12.2. The maximum Gasteiger partial charge on any atom is 0.244 e. The van der Waals surface area contributed by atoms with Crippen molar-refractivity contribution in [2.24, 2.45) is 0 Å².